The van der Waals surface area contributed by atoms with Gasteiger partial charge in [-0.25, -0.2) is 0 Å². The number of halogens is 4. The topological polar surface area (TPSA) is 44.0 Å². The molecule has 0 radical (unpaired) electrons. The first kappa shape index (κ1) is 19.2. The largest absolute Gasteiger partial charge is 0.401 e. The van der Waals surface area contributed by atoms with E-state index in [0.29, 0.717) is 19.6 Å². The SMILES string of the molecule is Cl.FC(F)(F)CN1CCC(CNCc2cn[nH]c2-c2cccs2)C1. The van der Waals surface area contributed by atoms with Crippen molar-refractivity contribution in [2.75, 3.05) is 26.2 Å². The van der Waals surface area contributed by atoms with Crippen LogP contribution >= 0.6 is 23.7 Å². The third-order valence-corrected chi connectivity index (χ3v) is 4.89. The Labute approximate surface area is 148 Å². The monoisotopic (exact) mass is 380 g/mol. The normalized spacial score (nSPS) is 18.7. The van der Waals surface area contributed by atoms with Gasteiger partial charge in [-0.1, -0.05) is 6.07 Å². The highest BCUT2D eigenvalue weighted by Crippen LogP contribution is 2.26. The first-order valence-corrected chi connectivity index (χ1v) is 8.45. The summed E-state index contributed by atoms with van der Waals surface area (Å²) >= 11 is 1.65. The van der Waals surface area contributed by atoms with E-state index < -0.39 is 12.7 Å². The highest BCUT2D eigenvalue weighted by atomic mass is 35.5. The Balaban J connectivity index is 0.00000208. The zero-order valence-electron chi connectivity index (χ0n) is 13.0. The van der Waals surface area contributed by atoms with Gasteiger partial charge in [-0.15, -0.1) is 23.7 Å². The standard InChI is InChI=1S/C15H19F3N4S.ClH/c16-15(17,18)10-22-4-3-11(9-22)6-19-7-12-8-20-21-14(12)13-2-1-5-23-13;/h1-2,5,8,11,19H,3-4,6-7,9-10H2,(H,20,21);1H. The van der Waals surface area contributed by atoms with Crippen LogP contribution in [0.2, 0.25) is 0 Å². The highest BCUT2D eigenvalue weighted by molar-refractivity contribution is 7.13. The summed E-state index contributed by atoms with van der Waals surface area (Å²) in [6, 6.07) is 4.03. The zero-order valence-corrected chi connectivity index (χ0v) is 14.6. The summed E-state index contributed by atoms with van der Waals surface area (Å²) in [5.74, 6) is 0.273. The third kappa shape index (κ3) is 5.20. The maximum atomic E-state index is 12.4. The number of aromatic amines is 1. The van der Waals surface area contributed by atoms with Crippen LogP contribution < -0.4 is 5.32 Å². The van der Waals surface area contributed by atoms with E-state index in [-0.39, 0.29) is 18.3 Å². The molecule has 4 nitrogen and oxygen atoms in total. The molecule has 0 aromatic carbocycles. The van der Waals surface area contributed by atoms with Crippen LogP contribution in [0.15, 0.2) is 23.7 Å². The van der Waals surface area contributed by atoms with Crippen molar-refractivity contribution < 1.29 is 13.2 Å². The Kier molecular flexibility index (Phi) is 6.68. The maximum Gasteiger partial charge on any atom is 0.401 e. The molecule has 1 atom stereocenters. The van der Waals surface area contributed by atoms with Crippen LogP contribution in [0.25, 0.3) is 10.6 Å². The fourth-order valence-electron chi connectivity index (χ4n) is 2.97. The molecular weight excluding hydrogens is 361 g/mol. The second-order valence-corrected chi connectivity index (χ2v) is 6.83. The van der Waals surface area contributed by atoms with Gasteiger partial charge in [0.1, 0.15) is 0 Å². The molecule has 2 aromatic heterocycles. The molecule has 1 unspecified atom stereocenters. The minimum absolute atomic E-state index is 0. The van der Waals surface area contributed by atoms with E-state index in [9.17, 15) is 13.2 Å². The lowest BCUT2D eigenvalue weighted by Gasteiger charge is -2.18. The average Bonchev–Trinajstić information content (AvgIpc) is 3.17. The molecule has 0 amide bonds. The summed E-state index contributed by atoms with van der Waals surface area (Å²) in [5.41, 5.74) is 2.09. The summed E-state index contributed by atoms with van der Waals surface area (Å²) in [7, 11) is 0. The zero-order chi connectivity index (χ0) is 16.3. The smallest absolute Gasteiger partial charge is 0.312 e. The van der Waals surface area contributed by atoms with Crippen molar-refractivity contribution in [3.8, 4) is 10.6 Å². The third-order valence-electron chi connectivity index (χ3n) is 4.01. The fraction of sp³-hybridized carbons (Fsp3) is 0.533. The van der Waals surface area contributed by atoms with Crippen LogP contribution in [0.5, 0.6) is 0 Å². The van der Waals surface area contributed by atoms with E-state index in [1.54, 1.807) is 17.5 Å². The van der Waals surface area contributed by atoms with Gasteiger partial charge >= 0.3 is 6.18 Å². The lowest BCUT2D eigenvalue weighted by molar-refractivity contribution is -0.143. The van der Waals surface area contributed by atoms with E-state index in [1.165, 1.54) is 4.90 Å². The second-order valence-electron chi connectivity index (χ2n) is 5.88. The van der Waals surface area contributed by atoms with Gasteiger partial charge in [-0.05, 0) is 36.9 Å². The van der Waals surface area contributed by atoms with Crippen molar-refractivity contribution in [3.63, 3.8) is 0 Å². The first-order valence-electron chi connectivity index (χ1n) is 7.57. The number of alkyl halides is 3. The van der Waals surface area contributed by atoms with Crippen molar-refractivity contribution in [2.24, 2.45) is 5.92 Å². The molecule has 0 aliphatic carbocycles. The molecule has 3 heterocycles. The average molecular weight is 381 g/mol. The Bertz CT molecular complexity index is 615. The number of aromatic nitrogens is 2. The summed E-state index contributed by atoms with van der Waals surface area (Å²) in [5, 5.41) is 12.5. The first-order chi connectivity index (χ1) is 11.0. The number of likely N-dealkylation sites (tertiary alicyclic amines) is 1. The summed E-state index contributed by atoms with van der Waals surface area (Å²) in [6.07, 6.45) is -1.49. The van der Waals surface area contributed by atoms with E-state index in [2.05, 4.69) is 15.5 Å². The van der Waals surface area contributed by atoms with Crippen LogP contribution in [-0.2, 0) is 6.54 Å². The molecule has 134 valence electrons. The number of hydrogen-bond acceptors (Lipinski definition) is 4. The molecular formula is C15H20ClF3N4S. The van der Waals surface area contributed by atoms with E-state index in [1.807, 2.05) is 17.5 Å². The Hall–Kier alpha value is -1.09. The molecule has 0 spiro atoms. The number of rotatable bonds is 6. The molecule has 1 saturated heterocycles. The maximum absolute atomic E-state index is 12.4. The predicted octanol–water partition coefficient (Wildman–Crippen LogP) is 3.53. The van der Waals surface area contributed by atoms with Crippen molar-refractivity contribution in [2.45, 2.75) is 19.1 Å². The van der Waals surface area contributed by atoms with Crippen LogP contribution in [0, 0.1) is 5.92 Å². The van der Waals surface area contributed by atoms with Gasteiger partial charge in [0.15, 0.2) is 0 Å². The molecule has 2 aromatic rings. The van der Waals surface area contributed by atoms with Gasteiger partial charge in [-0.3, -0.25) is 10.00 Å². The van der Waals surface area contributed by atoms with Crippen LogP contribution in [-0.4, -0.2) is 47.5 Å². The van der Waals surface area contributed by atoms with Gasteiger partial charge in [0.2, 0.25) is 0 Å². The van der Waals surface area contributed by atoms with Crippen molar-refractivity contribution in [3.05, 3.63) is 29.3 Å². The Morgan fingerprint density at radius 1 is 1.42 bits per heavy atom. The van der Waals surface area contributed by atoms with Crippen molar-refractivity contribution in [1.29, 1.82) is 0 Å². The lowest BCUT2D eigenvalue weighted by Crippen LogP contribution is -2.33. The van der Waals surface area contributed by atoms with Gasteiger partial charge in [0.25, 0.3) is 0 Å². The predicted molar refractivity (Wildman–Crippen MR) is 91.5 cm³/mol. The summed E-state index contributed by atoms with van der Waals surface area (Å²) < 4.78 is 37.2. The Morgan fingerprint density at radius 3 is 2.96 bits per heavy atom. The minimum atomic E-state index is -4.10. The number of nitrogens with one attached hydrogen (secondary N) is 2. The molecule has 1 fully saturated rings. The van der Waals surface area contributed by atoms with Crippen LogP contribution in [0.1, 0.15) is 12.0 Å². The number of nitrogens with zero attached hydrogens (tertiary/aromatic N) is 2. The van der Waals surface area contributed by atoms with Crippen LogP contribution in [0.4, 0.5) is 13.2 Å². The fourth-order valence-corrected chi connectivity index (χ4v) is 3.72. The molecule has 0 bridgehead atoms. The molecule has 24 heavy (non-hydrogen) atoms. The summed E-state index contributed by atoms with van der Waals surface area (Å²) in [4.78, 5) is 2.62. The molecule has 0 saturated carbocycles. The van der Waals surface area contributed by atoms with Gasteiger partial charge in [0.05, 0.1) is 23.3 Å². The minimum Gasteiger partial charge on any atom is -0.312 e. The van der Waals surface area contributed by atoms with E-state index in [4.69, 9.17) is 0 Å². The number of thiophene rings is 1. The van der Waals surface area contributed by atoms with Crippen LogP contribution in [0.3, 0.4) is 0 Å². The second kappa shape index (κ2) is 8.33. The molecule has 9 heteroatoms. The Morgan fingerprint density at radius 2 is 2.25 bits per heavy atom. The summed E-state index contributed by atoms with van der Waals surface area (Å²) in [6.45, 7) is 1.63. The van der Waals surface area contributed by atoms with E-state index >= 15 is 0 Å². The molecule has 2 N–H and O–H groups in total. The van der Waals surface area contributed by atoms with Gasteiger partial charge in [0, 0.05) is 18.7 Å². The van der Waals surface area contributed by atoms with Crippen molar-refractivity contribution >= 4 is 23.7 Å². The molecule has 1 aliphatic rings. The van der Waals surface area contributed by atoms with Gasteiger partial charge < -0.3 is 5.32 Å². The number of H-pyrrole nitrogens is 1. The number of hydrogen-bond donors (Lipinski definition) is 2. The molecule has 1 aliphatic heterocycles. The molecule has 3 rings (SSSR count). The van der Waals surface area contributed by atoms with Gasteiger partial charge in [-0.2, -0.15) is 18.3 Å². The highest BCUT2D eigenvalue weighted by Gasteiger charge is 2.34. The van der Waals surface area contributed by atoms with Crippen molar-refractivity contribution in [1.82, 2.24) is 20.4 Å². The van der Waals surface area contributed by atoms with E-state index in [0.717, 1.165) is 29.1 Å². The quantitative estimate of drug-likeness (QED) is 0.805. The lowest BCUT2D eigenvalue weighted by atomic mass is 10.1.